The van der Waals surface area contributed by atoms with Crippen molar-refractivity contribution in [3.63, 3.8) is 0 Å². The Labute approximate surface area is 147 Å². The van der Waals surface area contributed by atoms with Crippen molar-refractivity contribution in [2.75, 3.05) is 24.5 Å². The van der Waals surface area contributed by atoms with Crippen LogP contribution in [0, 0.1) is 18.7 Å². The van der Waals surface area contributed by atoms with Crippen LogP contribution in [0.1, 0.15) is 35.8 Å². The van der Waals surface area contributed by atoms with Crippen LogP contribution in [0.2, 0.25) is 0 Å². The largest absolute Gasteiger partial charge is 0.369 e. The molecule has 0 unspecified atom stereocenters. The predicted molar refractivity (Wildman–Crippen MR) is 96.3 cm³/mol. The molecule has 1 aromatic carbocycles. The summed E-state index contributed by atoms with van der Waals surface area (Å²) in [4.78, 5) is 14.5. The molecule has 0 saturated carbocycles. The summed E-state index contributed by atoms with van der Waals surface area (Å²) in [5, 5.41) is 7.38. The van der Waals surface area contributed by atoms with Crippen molar-refractivity contribution in [1.29, 1.82) is 0 Å². The topological polar surface area (TPSA) is 50.2 Å². The maximum atomic E-state index is 13.9. The summed E-state index contributed by atoms with van der Waals surface area (Å²) >= 11 is 0. The normalized spacial score (nSPS) is 17.1. The second-order valence-electron chi connectivity index (χ2n) is 6.65. The summed E-state index contributed by atoms with van der Waals surface area (Å²) in [6.45, 7) is 6.93. The molecule has 25 heavy (non-hydrogen) atoms. The Kier molecular flexibility index (Phi) is 5.36. The Morgan fingerprint density at radius 3 is 2.96 bits per heavy atom. The van der Waals surface area contributed by atoms with Gasteiger partial charge >= 0.3 is 0 Å². The van der Waals surface area contributed by atoms with E-state index in [2.05, 4.69) is 22.2 Å². The second kappa shape index (κ2) is 7.68. The van der Waals surface area contributed by atoms with E-state index in [0.717, 1.165) is 38.2 Å². The summed E-state index contributed by atoms with van der Waals surface area (Å²) < 4.78 is 15.7. The maximum absolute atomic E-state index is 13.9. The van der Waals surface area contributed by atoms with Crippen LogP contribution in [0.5, 0.6) is 0 Å². The van der Waals surface area contributed by atoms with Crippen LogP contribution in [0.15, 0.2) is 30.5 Å². The number of para-hydroxylation sites is 1. The molecule has 134 valence electrons. The highest BCUT2D eigenvalue weighted by molar-refractivity contribution is 5.95. The van der Waals surface area contributed by atoms with Gasteiger partial charge in [0, 0.05) is 32.4 Å². The van der Waals surface area contributed by atoms with E-state index >= 15 is 0 Å². The molecule has 1 N–H and O–H groups in total. The molecule has 0 bridgehead atoms. The Morgan fingerprint density at radius 1 is 1.40 bits per heavy atom. The third-order valence-electron chi connectivity index (χ3n) is 4.67. The number of carbonyl (C=O) groups excluding carboxylic acids is 1. The van der Waals surface area contributed by atoms with Crippen LogP contribution in [0.4, 0.5) is 10.1 Å². The molecule has 1 fully saturated rings. The van der Waals surface area contributed by atoms with Gasteiger partial charge in [-0.1, -0.05) is 19.1 Å². The van der Waals surface area contributed by atoms with Crippen LogP contribution in [-0.2, 0) is 6.54 Å². The summed E-state index contributed by atoms with van der Waals surface area (Å²) in [5.74, 6) is 0.0601. The number of amides is 1. The quantitative estimate of drug-likeness (QED) is 0.876. The Bertz CT molecular complexity index is 743. The van der Waals surface area contributed by atoms with Gasteiger partial charge in [0.1, 0.15) is 5.82 Å². The van der Waals surface area contributed by atoms with Crippen molar-refractivity contribution >= 4 is 11.6 Å². The lowest BCUT2D eigenvalue weighted by Crippen LogP contribution is -2.31. The lowest BCUT2D eigenvalue weighted by atomic mass is 10.1. The highest BCUT2D eigenvalue weighted by Crippen LogP contribution is 2.25. The highest BCUT2D eigenvalue weighted by atomic mass is 19.1. The molecule has 2 heterocycles. The van der Waals surface area contributed by atoms with Gasteiger partial charge in [0.2, 0.25) is 0 Å². The number of aromatic nitrogens is 2. The lowest BCUT2D eigenvalue weighted by Gasteiger charge is -2.19. The van der Waals surface area contributed by atoms with Gasteiger partial charge in [0.15, 0.2) is 0 Å². The first-order valence-electron chi connectivity index (χ1n) is 8.90. The summed E-state index contributed by atoms with van der Waals surface area (Å²) in [5.41, 5.74) is 2.04. The number of halogens is 1. The number of hydrogen-bond acceptors (Lipinski definition) is 3. The van der Waals surface area contributed by atoms with Crippen LogP contribution in [0.3, 0.4) is 0 Å². The van der Waals surface area contributed by atoms with E-state index in [1.54, 1.807) is 6.07 Å². The summed E-state index contributed by atoms with van der Waals surface area (Å²) in [7, 11) is 0. The zero-order valence-electron chi connectivity index (χ0n) is 14.8. The van der Waals surface area contributed by atoms with Gasteiger partial charge in [0.05, 0.1) is 16.9 Å². The first kappa shape index (κ1) is 17.5. The van der Waals surface area contributed by atoms with Gasteiger partial charge in [-0.2, -0.15) is 5.10 Å². The first-order valence-corrected chi connectivity index (χ1v) is 8.90. The number of nitrogens with zero attached hydrogens (tertiary/aromatic N) is 3. The fourth-order valence-corrected chi connectivity index (χ4v) is 3.34. The van der Waals surface area contributed by atoms with Gasteiger partial charge in [-0.25, -0.2) is 4.39 Å². The van der Waals surface area contributed by atoms with Crippen molar-refractivity contribution in [3.8, 4) is 0 Å². The Morgan fingerprint density at radius 2 is 2.20 bits per heavy atom. The smallest absolute Gasteiger partial charge is 0.254 e. The molecule has 6 heteroatoms. The minimum Gasteiger partial charge on any atom is -0.369 e. The lowest BCUT2D eigenvalue weighted by molar-refractivity contribution is 0.0947. The molecule has 1 aliphatic rings. The number of benzene rings is 1. The molecule has 1 aromatic heterocycles. The zero-order valence-corrected chi connectivity index (χ0v) is 14.8. The van der Waals surface area contributed by atoms with Crippen molar-refractivity contribution in [1.82, 2.24) is 15.1 Å². The van der Waals surface area contributed by atoms with Gasteiger partial charge in [0.25, 0.3) is 5.91 Å². The third kappa shape index (κ3) is 4.00. The van der Waals surface area contributed by atoms with Crippen molar-refractivity contribution in [2.45, 2.75) is 33.2 Å². The molecule has 1 atom stereocenters. The summed E-state index contributed by atoms with van der Waals surface area (Å²) in [6, 6.07) is 6.85. The van der Waals surface area contributed by atoms with Crippen LogP contribution >= 0.6 is 0 Å². The number of hydrogen-bond donors (Lipinski definition) is 1. The molecule has 1 amide bonds. The second-order valence-corrected chi connectivity index (χ2v) is 6.65. The SMILES string of the molecule is CCCn1cc(C(=O)NC[C@H]2CCN(c3ccccc3F)C2)c(C)n1. The van der Waals surface area contributed by atoms with E-state index in [9.17, 15) is 9.18 Å². The van der Waals surface area contributed by atoms with E-state index in [1.165, 1.54) is 6.07 Å². The van der Waals surface area contributed by atoms with Gasteiger partial charge in [-0.3, -0.25) is 9.48 Å². The molecule has 2 aromatic rings. The molecule has 0 aliphatic carbocycles. The Balaban J connectivity index is 1.54. The number of anilines is 1. The molecular formula is C19H25FN4O. The van der Waals surface area contributed by atoms with E-state index in [4.69, 9.17) is 0 Å². The van der Waals surface area contributed by atoms with Gasteiger partial charge in [-0.05, 0) is 37.8 Å². The number of aryl methyl sites for hydroxylation is 2. The van der Waals surface area contributed by atoms with Gasteiger partial charge in [-0.15, -0.1) is 0 Å². The molecular weight excluding hydrogens is 319 g/mol. The van der Waals surface area contributed by atoms with Crippen LogP contribution in [0.25, 0.3) is 0 Å². The number of rotatable bonds is 6. The standard InChI is InChI=1S/C19H25FN4O/c1-3-9-24-13-16(14(2)22-24)19(25)21-11-15-8-10-23(12-15)18-7-5-4-6-17(18)20/h4-7,13,15H,3,8-12H2,1-2H3,(H,21,25)/t15-/m1/s1. The molecule has 3 rings (SSSR count). The Hall–Kier alpha value is -2.37. The number of nitrogens with one attached hydrogen (secondary N) is 1. The van der Waals surface area contributed by atoms with E-state index in [1.807, 2.05) is 29.9 Å². The molecule has 1 saturated heterocycles. The fourth-order valence-electron chi connectivity index (χ4n) is 3.34. The monoisotopic (exact) mass is 344 g/mol. The fraction of sp³-hybridized carbons (Fsp3) is 0.474. The molecule has 5 nitrogen and oxygen atoms in total. The first-order chi connectivity index (χ1) is 12.1. The van der Waals surface area contributed by atoms with Crippen molar-refractivity contribution < 1.29 is 9.18 Å². The third-order valence-corrected chi connectivity index (χ3v) is 4.67. The van der Waals surface area contributed by atoms with Crippen molar-refractivity contribution in [3.05, 3.63) is 47.5 Å². The molecule has 0 radical (unpaired) electrons. The minimum absolute atomic E-state index is 0.0794. The van der Waals surface area contributed by atoms with Crippen LogP contribution in [-0.4, -0.2) is 35.3 Å². The molecule has 1 aliphatic heterocycles. The average molecular weight is 344 g/mol. The zero-order chi connectivity index (χ0) is 17.8. The maximum Gasteiger partial charge on any atom is 0.254 e. The average Bonchev–Trinajstić information content (AvgIpc) is 3.20. The highest BCUT2D eigenvalue weighted by Gasteiger charge is 2.25. The van der Waals surface area contributed by atoms with Crippen LogP contribution < -0.4 is 10.2 Å². The van der Waals surface area contributed by atoms with Crippen molar-refractivity contribution in [2.24, 2.45) is 5.92 Å². The minimum atomic E-state index is -0.189. The van der Waals surface area contributed by atoms with E-state index in [-0.39, 0.29) is 11.7 Å². The predicted octanol–water partition coefficient (Wildman–Crippen LogP) is 3.00. The van der Waals surface area contributed by atoms with E-state index < -0.39 is 0 Å². The number of carbonyl (C=O) groups is 1. The summed E-state index contributed by atoms with van der Waals surface area (Å²) in [6.07, 6.45) is 3.74. The molecule has 0 spiro atoms. The van der Waals surface area contributed by atoms with Gasteiger partial charge < -0.3 is 10.2 Å². The van der Waals surface area contributed by atoms with E-state index in [0.29, 0.717) is 23.7 Å².